The van der Waals surface area contributed by atoms with Gasteiger partial charge in [0.15, 0.2) is 0 Å². The minimum atomic E-state index is -4.11. The van der Waals surface area contributed by atoms with Gasteiger partial charge in [-0.25, -0.2) is 0 Å². The number of hydrogen-bond donors (Lipinski definition) is 1. The van der Waals surface area contributed by atoms with Gasteiger partial charge in [0.2, 0.25) is 0 Å². The molecule has 0 spiro atoms. The van der Waals surface area contributed by atoms with Crippen molar-refractivity contribution in [2.75, 3.05) is 0 Å². The van der Waals surface area contributed by atoms with Gasteiger partial charge in [-0.3, -0.25) is 0 Å². The van der Waals surface area contributed by atoms with Gasteiger partial charge in [-0.15, -0.1) is 0 Å². The van der Waals surface area contributed by atoms with Crippen molar-refractivity contribution in [1.82, 2.24) is 5.32 Å². The third-order valence-corrected chi connectivity index (χ3v) is 2.51. The van der Waals surface area contributed by atoms with Gasteiger partial charge in [0, 0.05) is 17.7 Å². The van der Waals surface area contributed by atoms with Crippen LogP contribution in [0.5, 0.6) is 0 Å². The molecule has 2 atom stereocenters. The quantitative estimate of drug-likeness (QED) is 0.558. The van der Waals surface area contributed by atoms with Gasteiger partial charge in [-0.05, 0) is 19.3 Å². The first-order chi connectivity index (χ1) is 5.55. The highest BCUT2D eigenvalue weighted by Gasteiger charge is 2.40. The van der Waals surface area contributed by atoms with Gasteiger partial charge in [-0.2, -0.15) is 13.2 Å². The Labute approximate surface area is 68.6 Å². The Morgan fingerprint density at radius 3 is 2.67 bits per heavy atom. The van der Waals surface area contributed by atoms with E-state index in [0.717, 1.165) is 12.8 Å². The van der Waals surface area contributed by atoms with Crippen LogP contribution in [-0.2, 0) is 0 Å². The molecule has 2 aliphatic heterocycles. The van der Waals surface area contributed by atoms with Crippen molar-refractivity contribution < 1.29 is 13.2 Å². The number of fused-ring (bicyclic) bond motifs is 2. The second-order valence-corrected chi connectivity index (χ2v) is 3.44. The van der Waals surface area contributed by atoms with E-state index in [1.165, 1.54) is 6.08 Å². The zero-order valence-corrected chi connectivity index (χ0v) is 6.49. The highest BCUT2D eigenvalue weighted by Crippen LogP contribution is 2.35. The molecule has 0 radical (unpaired) electrons. The summed E-state index contributed by atoms with van der Waals surface area (Å²) in [5.74, 6) is 0. The van der Waals surface area contributed by atoms with Crippen LogP contribution in [-0.4, -0.2) is 18.3 Å². The molecule has 0 aromatic heterocycles. The molecule has 2 bridgehead atoms. The topological polar surface area (TPSA) is 12.0 Å². The molecular weight excluding hydrogens is 167 g/mol. The Hall–Kier alpha value is -0.510. The minimum absolute atomic E-state index is 0.0274. The van der Waals surface area contributed by atoms with Crippen molar-refractivity contribution in [3.63, 3.8) is 0 Å². The largest absolute Gasteiger partial charge is 0.412 e. The monoisotopic (exact) mass is 177 g/mol. The van der Waals surface area contributed by atoms with Gasteiger partial charge in [0.05, 0.1) is 0 Å². The summed E-state index contributed by atoms with van der Waals surface area (Å²) in [6.07, 6.45) is -0.891. The highest BCUT2D eigenvalue weighted by atomic mass is 19.4. The standard InChI is InChI=1S/C8H10F3N/c9-8(10,11)5-3-6-1-2-7(4-5)12-6/h3,6-7,12H,1-2,4H2. The Kier molecular flexibility index (Phi) is 1.68. The average Bonchev–Trinajstić information content (AvgIpc) is 2.28. The van der Waals surface area contributed by atoms with Crippen molar-refractivity contribution in [1.29, 1.82) is 0 Å². The second kappa shape index (κ2) is 2.49. The Morgan fingerprint density at radius 1 is 1.33 bits per heavy atom. The Bertz CT molecular complexity index is 219. The van der Waals surface area contributed by atoms with Gasteiger partial charge < -0.3 is 5.32 Å². The van der Waals surface area contributed by atoms with Crippen molar-refractivity contribution in [2.45, 2.75) is 37.5 Å². The third-order valence-electron chi connectivity index (χ3n) is 2.51. The third kappa shape index (κ3) is 1.35. The van der Waals surface area contributed by atoms with E-state index in [0.29, 0.717) is 0 Å². The average molecular weight is 177 g/mol. The lowest BCUT2D eigenvalue weighted by Gasteiger charge is -2.22. The Morgan fingerprint density at radius 2 is 2.08 bits per heavy atom. The van der Waals surface area contributed by atoms with Gasteiger partial charge in [0.1, 0.15) is 0 Å². The molecule has 2 unspecified atom stereocenters. The molecule has 2 rings (SSSR count). The van der Waals surface area contributed by atoms with E-state index < -0.39 is 6.18 Å². The van der Waals surface area contributed by atoms with Crippen molar-refractivity contribution in [3.05, 3.63) is 11.6 Å². The summed E-state index contributed by atoms with van der Waals surface area (Å²) in [6, 6.07) is 0.0389. The maximum Gasteiger partial charge on any atom is 0.412 e. The summed E-state index contributed by atoms with van der Waals surface area (Å²) >= 11 is 0. The van der Waals surface area contributed by atoms with Crippen LogP contribution in [0.3, 0.4) is 0 Å². The van der Waals surface area contributed by atoms with Crippen LogP contribution in [0.4, 0.5) is 13.2 Å². The number of halogens is 3. The summed E-state index contributed by atoms with van der Waals surface area (Å²) in [6.45, 7) is 0. The van der Waals surface area contributed by atoms with Crippen LogP contribution in [0.1, 0.15) is 19.3 Å². The number of hydrogen-bond acceptors (Lipinski definition) is 1. The van der Waals surface area contributed by atoms with Crippen molar-refractivity contribution in [2.24, 2.45) is 0 Å². The predicted molar refractivity (Wildman–Crippen MR) is 38.7 cm³/mol. The fraction of sp³-hybridized carbons (Fsp3) is 0.750. The van der Waals surface area contributed by atoms with Gasteiger partial charge in [0.25, 0.3) is 0 Å². The number of alkyl halides is 3. The molecule has 1 nitrogen and oxygen atoms in total. The van der Waals surface area contributed by atoms with E-state index in [-0.39, 0.29) is 24.1 Å². The molecule has 1 saturated heterocycles. The highest BCUT2D eigenvalue weighted by molar-refractivity contribution is 5.20. The maximum absolute atomic E-state index is 12.2. The molecule has 1 N–H and O–H groups in total. The molecule has 0 aromatic carbocycles. The van der Waals surface area contributed by atoms with E-state index in [1.807, 2.05) is 0 Å². The van der Waals surface area contributed by atoms with Crippen LogP contribution in [0.2, 0.25) is 0 Å². The van der Waals surface area contributed by atoms with E-state index in [9.17, 15) is 13.2 Å². The number of rotatable bonds is 0. The molecule has 0 aromatic rings. The van der Waals surface area contributed by atoms with E-state index in [2.05, 4.69) is 5.32 Å². The molecule has 68 valence electrons. The first-order valence-corrected chi connectivity index (χ1v) is 4.09. The van der Waals surface area contributed by atoms with E-state index in [4.69, 9.17) is 0 Å². The lowest BCUT2D eigenvalue weighted by Crippen LogP contribution is -2.35. The summed E-state index contributed by atoms with van der Waals surface area (Å²) in [5, 5.41) is 3.12. The summed E-state index contributed by atoms with van der Waals surface area (Å²) < 4.78 is 36.7. The molecule has 0 saturated carbocycles. The zero-order chi connectivity index (χ0) is 8.77. The van der Waals surface area contributed by atoms with Gasteiger partial charge in [-0.1, -0.05) is 6.08 Å². The summed E-state index contributed by atoms with van der Waals surface area (Å²) in [7, 11) is 0. The summed E-state index contributed by atoms with van der Waals surface area (Å²) in [4.78, 5) is 0. The fourth-order valence-electron chi connectivity index (χ4n) is 1.93. The first-order valence-electron chi connectivity index (χ1n) is 4.09. The second-order valence-electron chi connectivity index (χ2n) is 3.44. The molecule has 0 amide bonds. The molecule has 4 heteroatoms. The van der Waals surface area contributed by atoms with E-state index in [1.54, 1.807) is 0 Å². The maximum atomic E-state index is 12.2. The fourth-order valence-corrected chi connectivity index (χ4v) is 1.93. The first kappa shape index (κ1) is 8.10. The predicted octanol–water partition coefficient (Wildman–Crippen LogP) is 2.00. The smallest absolute Gasteiger partial charge is 0.307 e. The molecule has 1 fully saturated rings. The van der Waals surface area contributed by atoms with Crippen LogP contribution in [0.25, 0.3) is 0 Å². The van der Waals surface area contributed by atoms with Crippen LogP contribution < -0.4 is 5.32 Å². The molecule has 2 aliphatic rings. The summed E-state index contributed by atoms with van der Waals surface area (Å²) in [5.41, 5.74) is -0.339. The normalized spacial score (nSPS) is 35.1. The zero-order valence-electron chi connectivity index (χ0n) is 6.49. The lowest BCUT2D eigenvalue weighted by molar-refractivity contribution is -0.0956. The van der Waals surface area contributed by atoms with Crippen LogP contribution >= 0.6 is 0 Å². The van der Waals surface area contributed by atoms with Crippen molar-refractivity contribution in [3.8, 4) is 0 Å². The SMILES string of the molecule is FC(F)(F)C1=CC2CCC(C1)N2. The lowest BCUT2D eigenvalue weighted by atomic mass is 10.0. The molecule has 2 heterocycles. The minimum Gasteiger partial charge on any atom is -0.307 e. The van der Waals surface area contributed by atoms with Crippen LogP contribution in [0, 0.1) is 0 Å². The molecule has 12 heavy (non-hydrogen) atoms. The van der Waals surface area contributed by atoms with Gasteiger partial charge >= 0.3 is 6.18 Å². The van der Waals surface area contributed by atoms with Crippen LogP contribution in [0.15, 0.2) is 11.6 Å². The molecule has 0 aliphatic carbocycles. The number of nitrogens with one attached hydrogen (secondary N) is 1. The van der Waals surface area contributed by atoms with E-state index >= 15 is 0 Å². The Balaban J connectivity index is 2.18. The molecular formula is C8H10F3N. The van der Waals surface area contributed by atoms with Crippen molar-refractivity contribution >= 4 is 0 Å².